The van der Waals surface area contributed by atoms with Gasteiger partial charge >= 0.3 is 0 Å². The van der Waals surface area contributed by atoms with Crippen molar-refractivity contribution < 1.29 is 4.74 Å². The minimum Gasteiger partial charge on any atom is -0.501 e. The molecule has 0 fully saturated rings. The van der Waals surface area contributed by atoms with Gasteiger partial charge in [0.2, 0.25) is 10.6 Å². The molecule has 5 rings (SSSR count). The highest BCUT2D eigenvalue weighted by atomic mass is 35.5. The first-order valence-corrected chi connectivity index (χ1v) is 13.1. The van der Waals surface area contributed by atoms with Crippen molar-refractivity contribution in [1.29, 1.82) is 0 Å². The molecule has 0 amide bonds. The molecule has 0 aliphatic carbocycles. The molecule has 0 unspecified atom stereocenters. The maximum Gasteiger partial charge on any atom is 0.223 e. The van der Waals surface area contributed by atoms with Crippen LogP contribution in [0.15, 0.2) is 73.6 Å². The number of fused-ring (bicyclic) bond motifs is 1. The second kappa shape index (κ2) is 17.2. The van der Waals surface area contributed by atoms with Gasteiger partial charge in [-0.15, -0.1) is 0 Å². The van der Waals surface area contributed by atoms with Crippen LogP contribution in [0.4, 0.5) is 5.82 Å². The first kappa shape index (κ1) is 32.7. The zero-order valence-electron chi connectivity index (χ0n) is 20.8. The normalized spacial score (nSPS) is 10.2. The van der Waals surface area contributed by atoms with E-state index in [1.807, 2.05) is 40.9 Å². The van der Waals surface area contributed by atoms with Crippen molar-refractivity contribution in [2.45, 2.75) is 27.2 Å². The summed E-state index contributed by atoms with van der Waals surface area (Å²) in [6.07, 6.45) is 13.6. The van der Waals surface area contributed by atoms with Crippen LogP contribution in [-0.2, 0) is 4.74 Å². The summed E-state index contributed by atoms with van der Waals surface area (Å²) < 4.78 is 7.12. The van der Waals surface area contributed by atoms with Crippen molar-refractivity contribution in [3.05, 3.63) is 100.0 Å². The number of anilines is 1. The first-order valence-electron chi connectivity index (χ1n) is 11.6. The zero-order valence-corrected chi connectivity index (χ0v) is 23.8. The van der Waals surface area contributed by atoms with Crippen molar-refractivity contribution in [2.24, 2.45) is 0 Å². The second-order valence-electron chi connectivity index (χ2n) is 7.56. The number of nitrogens with two attached hydrogens (primary N) is 1. The number of rotatable bonds is 6. The predicted octanol–water partition coefficient (Wildman–Crippen LogP) is 7.97. The van der Waals surface area contributed by atoms with Crippen molar-refractivity contribution in [3.63, 3.8) is 0 Å². The standard InChI is InChI=1S/C11H6Cl2N4.C10H12Cl2N2O.C5H6N2.CH4/c12-7-5-15-11(13)16-10(7)8-6-14-9-3-1-2-4-17(8)9;1-2-3-5-15-6-4-9-8(11)7-13-10(12)14-9;6-5-3-1-2-4-7-5;/h1-6H;4,6-7H,2-3,5H2,1H3;1-4H,(H2,6,7);1H4/b;6-4-;;. The van der Waals surface area contributed by atoms with Gasteiger partial charge in [0, 0.05) is 12.4 Å². The molecule has 0 radical (unpaired) electrons. The number of hydrogen-bond acceptors (Lipinski definition) is 8. The third-order valence-electron chi connectivity index (χ3n) is 4.74. The van der Waals surface area contributed by atoms with Crippen LogP contribution in [0.3, 0.4) is 0 Å². The van der Waals surface area contributed by atoms with E-state index >= 15 is 0 Å². The monoisotopic (exact) mass is 620 g/mol. The molecule has 40 heavy (non-hydrogen) atoms. The Morgan fingerprint density at radius 1 is 0.875 bits per heavy atom. The van der Waals surface area contributed by atoms with Crippen LogP contribution in [0.5, 0.6) is 0 Å². The topological polar surface area (TPSA) is 117 Å². The number of unbranched alkanes of at least 4 members (excludes halogenated alkanes) is 1. The van der Waals surface area contributed by atoms with Gasteiger partial charge in [-0.05, 0) is 60.0 Å². The highest BCUT2D eigenvalue weighted by molar-refractivity contribution is 6.33. The lowest BCUT2D eigenvalue weighted by Crippen LogP contribution is -1.92. The Hall–Kier alpha value is -3.50. The van der Waals surface area contributed by atoms with Gasteiger partial charge in [-0.2, -0.15) is 0 Å². The summed E-state index contributed by atoms with van der Waals surface area (Å²) in [6.45, 7) is 2.80. The number of nitrogen functional groups attached to an aromatic ring is 1. The summed E-state index contributed by atoms with van der Waals surface area (Å²) in [6, 6.07) is 11.2. The Kier molecular flexibility index (Phi) is 14.1. The molecule has 5 aromatic rings. The Morgan fingerprint density at radius 3 is 2.27 bits per heavy atom. The lowest BCUT2D eigenvalue weighted by molar-refractivity contribution is 0.246. The van der Waals surface area contributed by atoms with E-state index in [9.17, 15) is 0 Å². The molecule has 5 heterocycles. The third kappa shape index (κ3) is 10.2. The Bertz CT molecular complexity index is 1500. The van der Waals surface area contributed by atoms with Gasteiger partial charge in [0.1, 0.15) is 17.2 Å². The Balaban J connectivity index is 0.000000224. The van der Waals surface area contributed by atoms with Crippen molar-refractivity contribution in [1.82, 2.24) is 34.3 Å². The molecule has 0 aliphatic heterocycles. The predicted molar refractivity (Wildman–Crippen MR) is 164 cm³/mol. The maximum atomic E-state index is 6.06. The second-order valence-corrected chi connectivity index (χ2v) is 9.05. The largest absolute Gasteiger partial charge is 0.501 e. The van der Waals surface area contributed by atoms with Gasteiger partial charge in [0.05, 0.1) is 52.9 Å². The molecule has 0 atom stereocenters. The third-order valence-corrected chi connectivity index (χ3v) is 5.67. The maximum absolute atomic E-state index is 6.06. The van der Waals surface area contributed by atoms with E-state index < -0.39 is 0 Å². The number of halogens is 4. The molecule has 13 heteroatoms. The molecule has 0 spiro atoms. The van der Waals surface area contributed by atoms with E-state index in [1.165, 1.54) is 12.4 Å². The van der Waals surface area contributed by atoms with Crippen LogP contribution in [0, 0.1) is 0 Å². The van der Waals surface area contributed by atoms with E-state index in [2.05, 4.69) is 36.8 Å². The lowest BCUT2D eigenvalue weighted by Gasteiger charge is -2.02. The molecule has 210 valence electrons. The molecule has 0 aromatic carbocycles. The van der Waals surface area contributed by atoms with E-state index in [0.29, 0.717) is 33.9 Å². The van der Waals surface area contributed by atoms with E-state index in [0.717, 1.165) is 24.2 Å². The fourth-order valence-electron chi connectivity index (χ4n) is 2.89. The van der Waals surface area contributed by atoms with Crippen LogP contribution in [0.25, 0.3) is 23.1 Å². The Morgan fingerprint density at radius 2 is 1.60 bits per heavy atom. The number of pyridine rings is 2. The highest BCUT2D eigenvalue weighted by Crippen LogP contribution is 2.26. The molecule has 0 aliphatic rings. The van der Waals surface area contributed by atoms with Gasteiger partial charge in [-0.3, -0.25) is 4.40 Å². The van der Waals surface area contributed by atoms with E-state index in [1.54, 1.807) is 30.8 Å². The molecule has 2 N–H and O–H groups in total. The summed E-state index contributed by atoms with van der Waals surface area (Å²) in [5, 5.41) is 1.23. The smallest absolute Gasteiger partial charge is 0.223 e. The molecule has 0 saturated heterocycles. The van der Waals surface area contributed by atoms with Gasteiger partial charge in [0.15, 0.2) is 0 Å². The summed E-state index contributed by atoms with van der Waals surface area (Å²) >= 11 is 23.3. The van der Waals surface area contributed by atoms with Crippen LogP contribution in [0.1, 0.15) is 32.9 Å². The molecular formula is C27H28Cl4N8O. The summed E-state index contributed by atoms with van der Waals surface area (Å²) in [5.74, 6) is 0.572. The number of nitrogens with zero attached hydrogens (tertiary/aromatic N) is 7. The number of aromatic nitrogens is 7. The van der Waals surface area contributed by atoms with Crippen LogP contribution >= 0.6 is 46.4 Å². The summed E-state index contributed by atoms with van der Waals surface area (Å²) in [4.78, 5) is 23.7. The molecule has 0 saturated carbocycles. The fourth-order valence-corrected chi connectivity index (χ4v) is 3.51. The van der Waals surface area contributed by atoms with Gasteiger partial charge in [-0.1, -0.05) is 56.1 Å². The quantitative estimate of drug-likeness (QED) is 0.115. The van der Waals surface area contributed by atoms with Crippen LogP contribution in [-0.4, -0.2) is 40.9 Å². The molecule has 0 bridgehead atoms. The number of imidazole rings is 1. The van der Waals surface area contributed by atoms with E-state index in [4.69, 9.17) is 56.9 Å². The highest BCUT2D eigenvalue weighted by Gasteiger charge is 2.11. The average molecular weight is 622 g/mol. The first-order chi connectivity index (χ1) is 18.9. The molecule has 5 aromatic heterocycles. The lowest BCUT2D eigenvalue weighted by atomic mass is 10.3. The average Bonchev–Trinajstić information content (AvgIpc) is 3.37. The fraction of sp³-hybridized carbons (Fsp3) is 0.185. The van der Waals surface area contributed by atoms with Gasteiger partial charge in [-0.25, -0.2) is 29.9 Å². The summed E-state index contributed by atoms with van der Waals surface area (Å²) in [7, 11) is 0. The van der Waals surface area contributed by atoms with Crippen molar-refractivity contribution in [3.8, 4) is 11.4 Å². The van der Waals surface area contributed by atoms with Gasteiger partial charge in [0.25, 0.3) is 0 Å². The SMILES string of the molecule is C.CCCCO/C=C\c1nc(Cl)ncc1Cl.Clc1ncc(Cl)c(-c2cnc3ccccn23)n1.Nc1ccccn1. The molecule has 9 nitrogen and oxygen atoms in total. The minimum absolute atomic E-state index is 0. The molecular weight excluding hydrogens is 594 g/mol. The minimum atomic E-state index is 0. The van der Waals surface area contributed by atoms with Gasteiger partial charge < -0.3 is 10.5 Å². The number of ether oxygens (including phenoxy) is 1. The number of hydrogen-bond donors (Lipinski definition) is 1. The van der Waals surface area contributed by atoms with Crippen molar-refractivity contribution >= 4 is 63.9 Å². The van der Waals surface area contributed by atoms with Crippen LogP contribution in [0.2, 0.25) is 20.6 Å². The zero-order chi connectivity index (χ0) is 28.0. The van der Waals surface area contributed by atoms with Crippen LogP contribution < -0.4 is 5.73 Å². The summed E-state index contributed by atoms with van der Waals surface area (Å²) in [5.41, 5.74) is 8.00. The Labute approximate surface area is 253 Å². The van der Waals surface area contributed by atoms with Crippen molar-refractivity contribution in [2.75, 3.05) is 12.3 Å². The van der Waals surface area contributed by atoms with E-state index in [-0.39, 0.29) is 18.0 Å².